The Morgan fingerprint density at radius 2 is 2.08 bits per heavy atom. The molecule has 0 aliphatic carbocycles. The molecule has 0 spiro atoms. The summed E-state index contributed by atoms with van der Waals surface area (Å²) in [5.41, 5.74) is 0.706. The summed E-state index contributed by atoms with van der Waals surface area (Å²) in [5, 5.41) is 11.5. The number of nitrogens with zero attached hydrogens (tertiary/aromatic N) is 4. The zero-order chi connectivity index (χ0) is 18.2. The number of nitrogens with one attached hydrogen (secondary N) is 1. The molecule has 1 aromatic carbocycles. The first kappa shape index (κ1) is 18.2. The van der Waals surface area contributed by atoms with E-state index < -0.39 is 18.5 Å². The van der Waals surface area contributed by atoms with Crippen LogP contribution in [0.15, 0.2) is 36.7 Å². The van der Waals surface area contributed by atoms with Crippen molar-refractivity contribution in [3.8, 4) is 6.07 Å². The second kappa shape index (κ2) is 8.61. The Morgan fingerprint density at radius 1 is 1.36 bits per heavy atom. The maximum atomic E-state index is 11.8. The number of anilines is 2. The number of halogens is 1. The van der Waals surface area contributed by atoms with Crippen LogP contribution in [0.5, 0.6) is 0 Å². The first-order valence-electron chi connectivity index (χ1n) is 7.13. The molecule has 0 fully saturated rings. The van der Waals surface area contributed by atoms with Crippen LogP contribution in [-0.4, -0.2) is 42.0 Å². The number of nitriles is 1. The molecule has 0 aliphatic heterocycles. The largest absolute Gasteiger partial charge is 0.454 e. The zero-order valence-corrected chi connectivity index (χ0v) is 14.0. The molecule has 1 amide bonds. The monoisotopic (exact) mass is 359 g/mol. The lowest BCUT2D eigenvalue weighted by atomic mass is 10.2. The average molecular weight is 360 g/mol. The predicted molar refractivity (Wildman–Crippen MR) is 91.1 cm³/mol. The average Bonchev–Trinajstić information content (AvgIpc) is 2.61. The van der Waals surface area contributed by atoms with Gasteiger partial charge in [0.2, 0.25) is 5.95 Å². The van der Waals surface area contributed by atoms with Crippen LogP contribution < -0.4 is 10.2 Å². The fourth-order valence-corrected chi connectivity index (χ4v) is 2.05. The number of rotatable bonds is 6. The fraction of sp³-hybridized carbons (Fsp3) is 0.188. The topological polar surface area (TPSA) is 108 Å². The van der Waals surface area contributed by atoms with Gasteiger partial charge in [0.05, 0.1) is 10.6 Å². The molecule has 0 atom stereocenters. The quantitative estimate of drug-likeness (QED) is 0.780. The van der Waals surface area contributed by atoms with E-state index >= 15 is 0 Å². The number of esters is 1. The standard InChI is InChI=1S/C16H14ClN5O3/c1-22(16-19-5-2-6-20-16)9-15(24)25-10-14(23)21-12-4-3-11(8-18)13(17)7-12/h2-7H,9-10H2,1H3,(H,21,23). The smallest absolute Gasteiger partial charge is 0.326 e. The second-order valence-corrected chi connectivity index (χ2v) is 5.33. The van der Waals surface area contributed by atoms with E-state index in [1.807, 2.05) is 6.07 Å². The summed E-state index contributed by atoms with van der Waals surface area (Å²) in [5.74, 6) is -0.744. The Morgan fingerprint density at radius 3 is 2.72 bits per heavy atom. The third-order valence-electron chi connectivity index (χ3n) is 3.00. The molecule has 2 aromatic rings. The Hall–Kier alpha value is -3.18. The van der Waals surface area contributed by atoms with E-state index in [2.05, 4.69) is 15.3 Å². The number of likely N-dealkylation sites (N-methyl/N-ethyl adjacent to an activating group) is 1. The molecule has 1 heterocycles. The van der Waals surface area contributed by atoms with Crippen molar-refractivity contribution in [2.45, 2.75) is 0 Å². The summed E-state index contributed by atoms with van der Waals surface area (Å²) in [6, 6.07) is 8.04. The highest BCUT2D eigenvalue weighted by molar-refractivity contribution is 6.32. The van der Waals surface area contributed by atoms with Gasteiger partial charge in [0.1, 0.15) is 12.6 Å². The lowest BCUT2D eigenvalue weighted by Gasteiger charge is -2.15. The number of amides is 1. The second-order valence-electron chi connectivity index (χ2n) is 4.92. The molecule has 0 saturated heterocycles. The van der Waals surface area contributed by atoms with Crippen molar-refractivity contribution in [1.82, 2.24) is 9.97 Å². The van der Waals surface area contributed by atoms with Crippen molar-refractivity contribution in [2.75, 3.05) is 30.4 Å². The first-order valence-corrected chi connectivity index (χ1v) is 7.50. The van der Waals surface area contributed by atoms with Gasteiger partial charge in [-0.1, -0.05) is 11.6 Å². The number of carbonyl (C=O) groups excluding carboxylic acids is 2. The van der Waals surface area contributed by atoms with Gasteiger partial charge in [-0.3, -0.25) is 9.59 Å². The SMILES string of the molecule is CN(CC(=O)OCC(=O)Nc1ccc(C#N)c(Cl)c1)c1ncccn1. The first-order chi connectivity index (χ1) is 12.0. The molecule has 0 unspecified atom stereocenters. The van der Waals surface area contributed by atoms with Gasteiger partial charge < -0.3 is 15.0 Å². The normalized spacial score (nSPS) is 9.80. The summed E-state index contributed by atoms with van der Waals surface area (Å²) < 4.78 is 4.91. The Balaban J connectivity index is 1.80. The van der Waals surface area contributed by atoms with Crippen molar-refractivity contribution in [2.24, 2.45) is 0 Å². The van der Waals surface area contributed by atoms with E-state index in [9.17, 15) is 9.59 Å². The third kappa shape index (κ3) is 5.44. The van der Waals surface area contributed by atoms with Crippen LogP contribution in [0.25, 0.3) is 0 Å². The van der Waals surface area contributed by atoms with Crippen molar-refractivity contribution < 1.29 is 14.3 Å². The van der Waals surface area contributed by atoms with Crippen molar-refractivity contribution >= 4 is 35.1 Å². The van der Waals surface area contributed by atoms with E-state index in [1.54, 1.807) is 25.5 Å². The van der Waals surface area contributed by atoms with Gasteiger partial charge in [0, 0.05) is 25.1 Å². The summed E-state index contributed by atoms with van der Waals surface area (Å²) >= 11 is 5.88. The molecule has 8 nitrogen and oxygen atoms in total. The predicted octanol–water partition coefficient (Wildman–Crippen LogP) is 1.62. The minimum absolute atomic E-state index is 0.0972. The van der Waals surface area contributed by atoms with E-state index in [-0.39, 0.29) is 11.6 Å². The van der Waals surface area contributed by atoms with Crippen LogP contribution >= 0.6 is 11.6 Å². The summed E-state index contributed by atoms with van der Waals surface area (Å²) in [4.78, 5) is 33.1. The maximum absolute atomic E-state index is 11.8. The van der Waals surface area contributed by atoms with Gasteiger partial charge in [-0.05, 0) is 24.3 Å². The van der Waals surface area contributed by atoms with Crippen LogP contribution in [0.3, 0.4) is 0 Å². The molecular formula is C16H14ClN5O3. The number of carbonyl (C=O) groups is 2. The minimum Gasteiger partial charge on any atom is -0.454 e. The molecule has 9 heteroatoms. The van der Waals surface area contributed by atoms with Crippen LogP contribution in [0.1, 0.15) is 5.56 Å². The lowest BCUT2D eigenvalue weighted by Crippen LogP contribution is -2.30. The van der Waals surface area contributed by atoms with E-state index in [1.165, 1.54) is 23.1 Å². The van der Waals surface area contributed by atoms with Gasteiger partial charge in [0.25, 0.3) is 5.91 Å². The van der Waals surface area contributed by atoms with Crippen molar-refractivity contribution in [3.63, 3.8) is 0 Å². The van der Waals surface area contributed by atoms with Crippen molar-refractivity contribution in [3.05, 3.63) is 47.2 Å². The lowest BCUT2D eigenvalue weighted by molar-refractivity contribution is -0.145. The van der Waals surface area contributed by atoms with Gasteiger partial charge in [0.15, 0.2) is 6.61 Å². The van der Waals surface area contributed by atoms with Crippen LogP contribution in [-0.2, 0) is 14.3 Å². The van der Waals surface area contributed by atoms with E-state index in [0.29, 0.717) is 17.2 Å². The number of benzene rings is 1. The number of hydrogen-bond acceptors (Lipinski definition) is 7. The van der Waals surface area contributed by atoms with Gasteiger partial charge in [-0.2, -0.15) is 5.26 Å². The van der Waals surface area contributed by atoms with E-state index in [4.69, 9.17) is 21.6 Å². The maximum Gasteiger partial charge on any atom is 0.326 e. The van der Waals surface area contributed by atoms with Crippen LogP contribution in [0, 0.1) is 11.3 Å². The molecule has 128 valence electrons. The Bertz CT molecular complexity index is 807. The molecule has 2 rings (SSSR count). The third-order valence-corrected chi connectivity index (χ3v) is 3.31. The molecule has 25 heavy (non-hydrogen) atoms. The fourth-order valence-electron chi connectivity index (χ4n) is 1.82. The van der Waals surface area contributed by atoms with Gasteiger partial charge in [-0.25, -0.2) is 9.97 Å². The van der Waals surface area contributed by atoms with Gasteiger partial charge >= 0.3 is 5.97 Å². The highest BCUT2D eigenvalue weighted by Crippen LogP contribution is 2.20. The van der Waals surface area contributed by atoms with Crippen molar-refractivity contribution in [1.29, 1.82) is 5.26 Å². The summed E-state index contributed by atoms with van der Waals surface area (Å²) in [6.45, 7) is -0.542. The zero-order valence-electron chi connectivity index (χ0n) is 13.3. The minimum atomic E-state index is -0.594. The summed E-state index contributed by atoms with van der Waals surface area (Å²) in [7, 11) is 1.63. The number of aromatic nitrogens is 2. The van der Waals surface area contributed by atoms with Gasteiger partial charge in [-0.15, -0.1) is 0 Å². The van der Waals surface area contributed by atoms with Crippen LogP contribution in [0.4, 0.5) is 11.6 Å². The number of hydrogen-bond donors (Lipinski definition) is 1. The Kier molecular flexibility index (Phi) is 6.26. The molecule has 0 aliphatic rings. The molecule has 0 radical (unpaired) electrons. The summed E-state index contributed by atoms with van der Waals surface area (Å²) in [6.07, 6.45) is 3.11. The molecule has 1 aromatic heterocycles. The van der Waals surface area contributed by atoms with E-state index in [0.717, 1.165) is 0 Å². The highest BCUT2D eigenvalue weighted by Gasteiger charge is 2.13. The Labute approximate surface area is 149 Å². The molecule has 1 N–H and O–H groups in total. The number of ether oxygens (including phenoxy) is 1. The molecule has 0 saturated carbocycles. The van der Waals surface area contributed by atoms with Crippen LogP contribution in [0.2, 0.25) is 5.02 Å². The highest BCUT2D eigenvalue weighted by atomic mass is 35.5. The molecular weight excluding hydrogens is 346 g/mol. The molecule has 0 bridgehead atoms.